The van der Waals surface area contributed by atoms with Gasteiger partial charge in [-0.05, 0) is 51.4 Å². The van der Waals surface area contributed by atoms with Gasteiger partial charge in [-0.15, -0.1) is 0 Å². The van der Waals surface area contributed by atoms with E-state index in [0.717, 1.165) is 24.7 Å². The Labute approximate surface area is 115 Å². The molecule has 0 saturated carbocycles. The molecule has 3 nitrogen and oxygen atoms in total. The number of likely N-dealkylation sites (tertiary alicyclic amines) is 1. The minimum atomic E-state index is -0.274. The van der Waals surface area contributed by atoms with Gasteiger partial charge >= 0.3 is 0 Å². The molecule has 0 aliphatic carbocycles. The van der Waals surface area contributed by atoms with E-state index in [9.17, 15) is 4.39 Å². The standard InChI is InChI=1S/C15H24FN3/c1-3-13-5-4-9-19(13)10-8-14(17-2)15-7-6-12(16)11-18-15/h6-7,11,13-14,17H,3-5,8-10H2,1-2H3. The molecule has 1 aromatic heterocycles. The van der Waals surface area contributed by atoms with Crippen molar-refractivity contribution in [2.75, 3.05) is 20.1 Å². The van der Waals surface area contributed by atoms with Crippen molar-refractivity contribution in [3.05, 3.63) is 29.8 Å². The largest absolute Gasteiger partial charge is 0.312 e. The van der Waals surface area contributed by atoms with Gasteiger partial charge in [-0.3, -0.25) is 4.98 Å². The lowest BCUT2D eigenvalue weighted by atomic mass is 10.1. The molecule has 1 aromatic rings. The first kappa shape index (κ1) is 14.4. The number of aromatic nitrogens is 1. The second-order valence-corrected chi connectivity index (χ2v) is 5.27. The minimum absolute atomic E-state index is 0.207. The molecular weight excluding hydrogens is 241 g/mol. The lowest BCUT2D eigenvalue weighted by molar-refractivity contribution is 0.235. The van der Waals surface area contributed by atoms with Crippen LogP contribution in [0.4, 0.5) is 4.39 Å². The van der Waals surface area contributed by atoms with E-state index in [-0.39, 0.29) is 11.9 Å². The van der Waals surface area contributed by atoms with E-state index in [4.69, 9.17) is 0 Å². The van der Waals surface area contributed by atoms with E-state index in [2.05, 4.69) is 22.1 Å². The Hall–Kier alpha value is -1.00. The molecule has 0 aromatic carbocycles. The third-order valence-electron chi connectivity index (χ3n) is 4.13. The summed E-state index contributed by atoms with van der Waals surface area (Å²) in [6.45, 7) is 4.56. The van der Waals surface area contributed by atoms with Gasteiger partial charge in [0.05, 0.1) is 17.9 Å². The molecular formula is C15H24FN3. The van der Waals surface area contributed by atoms with Gasteiger partial charge in [0.1, 0.15) is 5.82 Å². The summed E-state index contributed by atoms with van der Waals surface area (Å²) in [5.41, 5.74) is 0.927. The average molecular weight is 265 g/mol. The molecule has 1 fully saturated rings. The maximum Gasteiger partial charge on any atom is 0.141 e. The van der Waals surface area contributed by atoms with Crippen LogP contribution < -0.4 is 5.32 Å². The number of nitrogens with zero attached hydrogens (tertiary/aromatic N) is 2. The summed E-state index contributed by atoms with van der Waals surface area (Å²) in [6.07, 6.45) is 6.20. The molecule has 2 atom stereocenters. The van der Waals surface area contributed by atoms with Crippen LogP contribution in [0.15, 0.2) is 18.3 Å². The van der Waals surface area contributed by atoms with Gasteiger partial charge in [-0.1, -0.05) is 6.92 Å². The van der Waals surface area contributed by atoms with Crippen molar-refractivity contribution < 1.29 is 4.39 Å². The third kappa shape index (κ3) is 3.74. The fourth-order valence-corrected chi connectivity index (χ4v) is 2.98. The summed E-state index contributed by atoms with van der Waals surface area (Å²) in [5.74, 6) is -0.274. The van der Waals surface area contributed by atoms with Gasteiger partial charge < -0.3 is 10.2 Å². The molecule has 2 heterocycles. The molecule has 1 saturated heterocycles. The lowest BCUT2D eigenvalue weighted by Crippen LogP contribution is -2.32. The van der Waals surface area contributed by atoms with Gasteiger partial charge in [0.25, 0.3) is 0 Å². The zero-order chi connectivity index (χ0) is 13.7. The van der Waals surface area contributed by atoms with Gasteiger partial charge in [0.2, 0.25) is 0 Å². The molecule has 1 aliphatic rings. The summed E-state index contributed by atoms with van der Waals surface area (Å²) in [7, 11) is 1.94. The summed E-state index contributed by atoms with van der Waals surface area (Å²) in [4.78, 5) is 6.76. The van der Waals surface area contributed by atoms with Gasteiger partial charge in [0, 0.05) is 12.6 Å². The first-order chi connectivity index (χ1) is 9.24. The summed E-state index contributed by atoms with van der Waals surface area (Å²) in [6, 6.07) is 4.22. The number of hydrogen-bond donors (Lipinski definition) is 1. The zero-order valence-electron chi connectivity index (χ0n) is 11.9. The number of rotatable bonds is 6. The lowest BCUT2D eigenvalue weighted by Gasteiger charge is -2.25. The van der Waals surface area contributed by atoms with Crippen molar-refractivity contribution in [2.45, 2.75) is 44.7 Å². The first-order valence-electron chi connectivity index (χ1n) is 7.27. The molecule has 19 heavy (non-hydrogen) atoms. The molecule has 2 rings (SSSR count). The zero-order valence-corrected chi connectivity index (χ0v) is 11.9. The number of hydrogen-bond acceptors (Lipinski definition) is 3. The molecule has 0 bridgehead atoms. The molecule has 1 N–H and O–H groups in total. The Kier molecular flexibility index (Phi) is 5.28. The van der Waals surface area contributed by atoms with E-state index in [1.165, 1.54) is 38.1 Å². The number of pyridine rings is 1. The van der Waals surface area contributed by atoms with Gasteiger partial charge in [-0.25, -0.2) is 4.39 Å². The van der Waals surface area contributed by atoms with Crippen LogP contribution in [0.5, 0.6) is 0 Å². The fourth-order valence-electron chi connectivity index (χ4n) is 2.98. The highest BCUT2D eigenvalue weighted by Crippen LogP contribution is 2.22. The summed E-state index contributed by atoms with van der Waals surface area (Å²) < 4.78 is 12.9. The van der Waals surface area contributed by atoms with Crippen LogP contribution >= 0.6 is 0 Å². The molecule has 0 amide bonds. The van der Waals surface area contributed by atoms with E-state index >= 15 is 0 Å². The monoisotopic (exact) mass is 265 g/mol. The summed E-state index contributed by atoms with van der Waals surface area (Å²) in [5, 5.41) is 3.28. The Morgan fingerprint density at radius 2 is 2.37 bits per heavy atom. The predicted octanol–water partition coefficient (Wildman–Crippen LogP) is 2.75. The quantitative estimate of drug-likeness (QED) is 0.857. The fraction of sp³-hybridized carbons (Fsp3) is 0.667. The number of nitrogens with one attached hydrogen (secondary N) is 1. The second kappa shape index (κ2) is 6.96. The second-order valence-electron chi connectivity index (χ2n) is 5.27. The number of halogens is 1. The van der Waals surface area contributed by atoms with Crippen LogP contribution in [0, 0.1) is 5.82 Å². The van der Waals surface area contributed by atoms with Crippen LogP contribution in [-0.4, -0.2) is 36.1 Å². The van der Waals surface area contributed by atoms with Gasteiger partial charge in [0.15, 0.2) is 0 Å². The highest BCUT2D eigenvalue weighted by atomic mass is 19.1. The maximum atomic E-state index is 12.9. The van der Waals surface area contributed by atoms with Gasteiger partial charge in [-0.2, -0.15) is 0 Å². The molecule has 2 unspecified atom stereocenters. The normalized spacial score (nSPS) is 21.7. The SMILES string of the molecule is CCC1CCCN1CCC(NC)c1ccc(F)cn1. The van der Waals surface area contributed by atoms with Crippen molar-refractivity contribution in [1.29, 1.82) is 0 Å². The van der Waals surface area contributed by atoms with Crippen LogP contribution in [0.1, 0.15) is 44.3 Å². The maximum absolute atomic E-state index is 12.9. The van der Waals surface area contributed by atoms with Crippen molar-refractivity contribution in [3.63, 3.8) is 0 Å². The van der Waals surface area contributed by atoms with E-state index in [1.54, 1.807) is 6.07 Å². The molecule has 0 radical (unpaired) electrons. The third-order valence-corrected chi connectivity index (χ3v) is 4.13. The molecule has 106 valence electrons. The smallest absolute Gasteiger partial charge is 0.141 e. The van der Waals surface area contributed by atoms with Crippen molar-refractivity contribution in [1.82, 2.24) is 15.2 Å². The average Bonchev–Trinajstić information content (AvgIpc) is 2.89. The van der Waals surface area contributed by atoms with E-state index in [1.807, 2.05) is 7.05 Å². The highest BCUT2D eigenvalue weighted by Gasteiger charge is 2.23. The van der Waals surface area contributed by atoms with E-state index in [0.29, 0.717) is 0 Å². The topological polar surface area (TPSA) is 28.2 Å². The Morgan fingerprint density at radius 1 is 1.53 bits per heavy atom. The Bertz CT molecular complexity index is 379. The summed E-state index contributed by atoms with van der Waals surface area (Å²) >= 11 is 0. The first-order valence-corrected chi connectivity index (χ1v) is 7.27. The Morgan fingerprint density at radius 3 is 3.00 bits per heavy atom. The highest BCUT2D eigenvalue weighted by molar-refractivity contribution is 5.09. The Balaban J connectivity index is 1.90. The molecule has 4 heteroatoms. The molecule has 1 aliphatic heterocycles. The predicted molar refractivity (Wildman–Crippen MR) is 75.5 cm³/mol. The van der Waals surface area contributed by atoms with Crippen molar-refractivity contribution in [2.24, 2.45) is 0 Å². The van der Waals surface area contributed by atoms with Crippen LogP contribution in [0.2, 0.25) is 0 Å². The molecule has 0 spiro atoms. The van der Waals surface area contributed by atoms with Crippen molar-refractivity contribution >= 4 is 0 Å². The van der Waals surface area contributed by atoms with Crippen LogP contribution in [0.3, 0.4) is 0 Å². The van der Waals surface area contributed by atoms with Crippen LogP contribution in [-0.2, 0) is 0 Å². The van der Waals surface area contributed by atoms with Crippen LogP contribution in [0.25, 0.3) is 0 Å². The van der Waals surface area contributed by atoms with E-state index < -0.39 is 0 Å². The minimum Gasteiger partial charge on any atom is -0.312 e. The van der Waals surface area contributed by atoms with Crippen molar-refractivity contribution in [3.8, 4) is 0 Å².